The van der Waals surface area contributed by atoms with Crippen molar-refractivity contribution in [2.45, 2.75) is 25.7 Å². The first-order valence-corrected chi connectivity index (χ1v) is 9.66. The van der Waals surface area contributed by atoms with E-state index in [0.717, 1.165) is 38.0 Å². The van der Waals surface area contributed by atoms with Gasteiger partial charge in [0.15, 0.2) is 0 Å². The fourth-order valence-electron chi connectivity index (χ4n) is 4.41. The summed E-state index contributed by atoms with van der Waals surface area (Å²) < 4.78 is 0. The maximum Gasteiger partial charge on any atom is 0.255 e. The van der Waals surface area contributed by atoms with Gasteiger partial charge in [0, 0.05) is 23.5 Å². The number of hydrogen-bond acceptors (Lipinski definition) is 3. The first-order chi connectivity index (χ1) is 13.2. The van der Waals surface area contributed by atoms with Crippen LogP contribution in [0.25, 0.3) is 0 Å². The molecule has 0 bridgehead atoms. The molecule has 2 amide bonds. The van der Waals surface area contributed by atoms with E-state index in [9.17, 15) is 9.59 Å². The van der Waals surface area contributed by atoms with Gasteiger partial charge in [-0.25, -0.2) is 0 Å². The number of benzene rings is 2. The minimum Gasteiger partial charge on any atom is -0.325 e. The van der Waals surface area contributed by atoms with Gasteiger partial charge in [0.25, 0.3) is 5.91 Å². The van der Waals surface area contributed by atoms with E-state index in [4.69, 9.17) is 0 Å². The molecule has 1 saturated heterocycles. The molecular formula is C22H26ClN3O2. The Kier molecular flexibility index (Phi) is 6.37. The largest absolute Gasteiger partial charge is 0.325 e. The van der Waals surface area contributed by atoms with Crippen LogP contribution in [0.3, 0.4) is 0 Å². The maximum absolute atomic E-state index is 13.1. The second-order valence-corrected chi connectivity index (χ2v) is 7.58. The van der Waals surface area contributed by atoms with E-state index in [2.05, 4.69) is 16.0 Å². The molecule has 1 aliphatic heterocycles. The summed E-state index contributed by atoms with van der Waals surface area (Å²) in [5, 5.41) is 9.40. The summed E-state index contributed by atoms with van der Waals surface area (Å²) in [6, 6.07) is 16.5. The summed E-state index contributed by atoms with van der Waals surface area (Å²) in [6.07, 6.45) is 4.38. The molecule has 0 aromatic heterocycles. The molecular weight excluding hydrogens is 374 g/mol. The Hall–Kier alpha value is -2.37. The maximum atomic E-state index is 13.1. The summed E-state index contributed by atoms with van der Waals surface area (Å²) in [4.78, 5) is 25.4. The fraction of sp³-hybridized carbons (Fsp3) is 0.364. The van der Waals surface area contributed by atoms with Gasteiger partial charge in [-0.1, -0.05) is 37.1 Å². The third-order valence-corrected chi connectivity index (χ3v) is 5.90. The van der Waals surface area contributed by atoms with E-state index < -0.39 is 0 Å². The molecule has 2 aromatic rings. The Labute approximate surface area is 171 Å². The van der Waals surface area contributed by atoms with E-state index in [-0.39, 0.29) is 29.6 Å². The van der Waals surface area contributed by atoms with E-state index in [1.54, 1.807) is 12.1 Å². The van der Waals surface area contributed by atoms with Crippen LogP contribution < -0.4 is 16.0 Å². The van der Waals surface area contributed by atoms with Crippen LogP contribution >= 0.6 is 12.4 Å². The zero-order valence-electron chi connectivity index (χ0n) is 15.7. The normalized spacial score (nSPS) is 23.2. The first-order valence-electron chi connectivity index (χ1n) is 9.66. The quantitative estimate of drug-likeness (QED) is 0.725. The van der Waals surface area contributed by atoms with Crippen LogP contribution in [0, 0.1) is 11.3 Å². The molecule has 0 spiro atoms. The number of carbonyl (C=O) groups is 2. The van der Waals surface area contributed by atoms with Crippen LogP contribution in [-0.2, 0) is 4.79 Å². The smallest absolute Gasteiger partial charge is 0.255 e. The molecule has 6 heteroatoms. The Morgan fingerprint density at radius 3 is 2.50 bits per heavy atom. The number of hydrogen-bond donors (Lipinski definition) is 3. The second-order valence-electron chi connectivity index (χ2n) is 7.58. The minimum atomic E-state index is -0.290. The number of halogens is 1. The topological polar surface area (TPSA) is 70.2 Å². The van der Waals surface area contributed by atoms with Gasteiger partial charge in [0.05, 0.1) is 5.41 Å². The van der Waals surface area contributed by atoms with Gasteiger partial charge in [-0.2, -0.15) is 0 Å². The average molecular weight is 400 g/mol. The molecule has 148 valence electrons. The molecule has 28 heavy (non-hydrogen) atoms. The van der Waals surface area contributed by atoms with Crippen molar-refractivity contribution in [2.24, 2.45) is 11.3 Å². The lowest BCUT2D eigenvalue weighted by Gasteiger charge is -2.37. The van der Waals surface area contributed by atoms with Gasteiger partial charge < -0.3 is 16.0 Å². The number of nitrogens with one attached hydrogen (secondary N) is 3. The predicted molar refractivity (Wildman–Crippen MR) is 114 cm³/mol. The molecule has 1 aliphatic carbocycles. The van der Waals surface area contributed by atoms with Crippen molar-refractivity contribution < 1.29 is 9.59 Å². The van der Waals surface area contributed by atoms with Crippen LogP contribution in [0.4, 0.5) is 11.4 Å². The fourth-order valence-corrected chi connectivity index (χ4v) is 4.41. The van der Waals surface area contributed by atoms with E-state index >= 15 is 0 Å². The zero-order chi connectivity index (χ0) is 18.7. The van der Waals surface area contributed by atoms with Gasteiger partial charge in [-0.15, -0.1) is 12.4 Å². The van der Waals surface area contributed by atoms with Crippen molar-refractivity contribution in [2.75, 3.05) is 23.7 Å². The SMILES string of the molecule is Cl.O=C(Nc1cccc(NC(=O)[C@@]23CCCC[C@H]2CNC3)c1)c1ccccc1. The highest BCUT2D eigenvalue weighted by molar-refractivity contribution is 6.04. The number of anilines is 2. The van der Waals surface area contributed by atoms with Crippen molar-refractivity contribution in [3.8, 4) is 0 Å². The Balaban J connectivity index is 0.00000225. The van der Waals surface area contributed by atoms with Gasteiger partial charge in [-0.05, 0) is 55.6 Å². The van der Waals surface area contributed by atoms with Gasteiger partial charge in [-0.3, -0.25) is 9.59 Å². The Morgan fingerprint density at radius 2 is 1.71 bits per heavy atom. The summed E-state index contributed by atoms with van der Waals surface area (Å²) >= 11 is 0. The Bertz CT molecular complexity index is 843. The highest BCUT2D eigenvalue weighted by Crippen LogP contribution is 2.44. The monoisotopic (exact) mass is 399 g/mol. The van der Waals surface area contributed by atoms with Crippen molar-refractivity contribution in [3.05, 3.63) is 60.2 Å². The van der Waals surface area contributed by atoms with E-state index in [0.29, 0.717) is 17.2 Å². The third kappa shape index (κ3) is 4.05. The average Bonchev–Trinajstić information content (AvgIpc) is 3.14. The Morgan fingerprint density at radius 1 is 0.964 bits per heavy atom. The van der Waals surface area contributed by atoms with Gasteiger partial charge >= 0.3 is 0 Å². The highest BCUT2D eigenvalue weighted by atomic mass is 35.5. The number of carbonyl (C=O) groups excluding carboxylic acids is 2. The van der Waals surface area contributed by atoms with Crippen LogP contribution in [-0.4, -0.2) is 24.9 Å². The molecule has 0 unspecified atom stereocenters. The van der Waals surface area contributed by atoms with Crippen LogP contribution in [0.15, 0.2) is 54.6 Å². The molecule has 2 aromatic carbocycles. The summed E-state index contributed by atoms with van der Waals surface area (Å²) in [5.41, 5.74) is 1.70. The summed E-state index contributed by atoms with van der Waals surface area (Å²) in [7, 11) is 0. The molecule has 2 fully saturated rings. The molecule has 1 heterocycles. The van der Waals surface area contributed by atoms with E-state index in [1.165, 1.54) is 6.42 Å². The molecule has 4 rings (SSSR count). The van der Waals surface area contributed by atoms with Gasteiger partial charge in [0.1, 0.15) is 0 Å². The molecule has 5 nitrogen and oxygen atoms in total. The minimum absolute atomic E-state index is 0. The molecule has 3 N–H and O–H groups in total. The molecule has 2 atom stereocenters. The molecule has 1 saturated carbocycles. The number of amides is 2. The number of rotatable bonds is 4. The van der Waals surface area contributed by atoms with Crippen molar-refractivity contribution in [1.82, 2.24) is 5.32 Å². The molecule has 2 aliphatic rings. The van der Waals surface area contributed by atoms with Crippen molar-refractivity contribution >= 4 is 35.6 Å². The van der Waals surface area contributed by atoms with Crippen molar-refractivity contribution in [3.63, 3.8) is 0 Å². The van der Waals surface area contributed by atoms with Crippen molar-refractivity contribution in [1.29, 1.82) is 0 Å². The standard InChI is InChI=1S/C22H25N3O2.ClH/c26-20(16-7-2-1-3-8-16)24-18-10-6-11-19(13-18)25-21(27)22-12-5-4-9-17(22)14-23-15-22;/h1-3,6-8,10-11,13,17,23H,4-5,9,12,14-15H2,(H,24,26)(H,25,27);1H/t17-,22+;/m0./s1. The second kappa shape index (κ2) is 8.76. The zero-order valence-corrected chi connectivity index (χ0v) is 16.6. The van der Waals surface area contributed by atoms with E-state index in [1.807, 2.05) is 42.5 Å². The summed E-state index contributed by atoms with van der Waals surface area (Å²) in [5.74, 6) is 0.362. The molecule has 0 radical (unpaired) electrons. The third-order valence-electron chi connectivity index (χ3n) is 5.90. The van der Waals surface area contributed by atoms with Crippen LogP contribution in [0.5, 0.6) is 0 Å². The van der Waals surface area contributed by atoms with Crippen LogP contribution in [0.2, 0.25) is 0 Å². The first kappa shape index (κ1) is 20.4. The lowest BCUT2D eigenvalue weighted by molar-refractivity contribution is -0.128. The summed E-state index contributed by atoms with van der Waals surface area (Å²) in [6.45, 7) is 1.69. The highest BCUT2D eigenvalue weighted by Gasteiger charge is 2.49. The van der Waals surface area contributed by atoms with Crippen LogP contribution in [0.1, 0.15) is 36.0 Å². The lowest BCUT2D eigenvalue weighted by Crippen LogP contribution is -2.44. The lowest BCUT2D eigenvalue weighted by atomic mass is 9.67. The predicted octanol–water partition coefficient (Wildman–Crippen LogP) is 4.08. The number of fused-ring (bicyclic) bond motifs is 1. The van der Waals surface area contributed by atoms with Gasteiger partial charge in [0.2, 0.25) is 5.91 Å².